The Morgan fingerprint density at radius 1 is 0.732 bits per heavy atom. The van der Waals surface area contributed by atoms with Gasteiger partial charge in [-0.1, -0.05) is 17.7 Å². The number of nitro groups is 2. The normalized spacial score (nSPS) is 11.0. The van der Waals surface area contributed by atoms with Crippen LogP contribution in [0.2, 0.25) is 0 Å². The van der Waals surface area contributed by atoms with Crippen LogP contribution in [-0.4, -0.2) is 30.1 Å². The van der Waals surface area contributed by atoms with Gasteiger partial charge in [-0.25, -0.2) is 13.2 Å². The Labute approximate surface area is 233 Å². The first-order valence-corrected chi connectivity index (χ1v) is 13.3. The number of aryl methyl sites for hydroxylation is 2. The average molecular weight is 576 g/mol. The lowest BCUT2D eigenvalue weighted by molar-refractivity contribution is -0.385. The zero-order valence-corrected chi connectivity index (χ0v) is 22.4. The van der Waals surface area contributed by atoms with Gasteiger partial charge in [0.2, 0.25) is 0 Å². The number of hydrogen-bond donors (Lipinski definition) is 0. The summed E-state index contributed by atoms with van der Waals surface area (Å²) in [6.45, 7) is 3.38. The molecule has 0 heterocycles. The quantitative estimate of drug-likeness (QED) is 0.116. The second-order valence-electron chi connectivity index (χ2n) is 8.83. The number of esters is 1. The number of amides is 1. The molecular formula is C28H21N3O9S. The third kappa shape index (κ3) is 6.09. The SMILES string of the molecule is Cc1ccc(S(=O)(=O)N(C(=O)c2ccc([N+](=O)[O-])cc2)c2ccc(OC(=O)c3ccc([N+](=O)[O-])cc3)cc2)c(C)c1. The standard InChI is InChI=1S/C28H21N3O9S/c1-18-3-16-26(19(2)17-18)41(38,39)29(27(32)20-4-8-23(9-5-20)30(34)35)22-12-14-25(15-13-22)40-28(33)21-6-10-24(11-7-21)31(36)37/h3-17H,1-2H3. The van der Waals surface area contributed by atoms with E-state index in [-0.39, 0.29) is 38.8 Å². The van der Waals surface area contributed by atoms with Crippen molar-refractivity contribution in [2.45, 2.75) is 18.7 Å². The summed E-state index contributed by atoms with van der Waals surface area (Å²) in [4.78, 5) is 46.6. The fourth-order valence-electron chi connectivity index (χ4n) is 3.93. The molecule has 0 aliphatic heterocycles. The third-order valence-electron chi connectivity index (χ3n) is 5.95. The summed E-state index contributed by atoms with van der Waals surface area (Å²) in [5, 5.41) is 21.9. The maximum Gasteiger partial charge on any atom is 0.343 e. The predicted molar refractivity (Wildman–Crippen MR) is 148 cm³/mol. The van der Waals surface area contributed by atoms with Gasteiger partial charge in [0.15, 0.2) is 0 Å². The molecule has 0 aliphatic carbocycles. The van der Waals surface area contributed by atoms with Crippen LogP contribution in [0.1, 0.15) is 31.8 Å². The molecule has 4 aromatic rings. The first-order valence-electron chi connectivity index (χ1n) is 11.9. The number of non-ortho nitro benzene ring substituents is 2. The fourth-order valence-corrected chi connectivity index (χ4v) is 5.56. The van der Waals surface area contributed by atoms with Gasteiger partial charge in [0.05, 0.1) is 26.0 Å². The van der Waals surface area contributed by atoms with Gasteiger partial charge in [0.1, 0.15) is 5.75 Å². The van der Waals surface area contributed by atoms with Crippen LogP contribution in [0.5, 0.6) is 5.75 Å². The molecule has 0 aliphatic rings. The highest BCUT2D eigenvalue weighted by Crippen LogP contribution is 2.30. The minimum absolute atomic E-state index is 0.0174. The molecule has 41 heavy (non-hydrogen) atoms. The van der Waals surface area contributed by atoms with Crippen molar-refractivity contribution in [1.29, 1.82) is 0 Å². The highest BCUT2D eigenvalue weighted by molar-refractivity contribution is 7.93. The van der Waals surface area contributed by atoms with E-state index in [1.54, 1.807) is 26.0 Å². The van der Waals surface area contributed by atoms with Crippen LogP contribution in [0.4, 0.5) is 17.1 Å². The van der Waals surface area contributed by atoms with Crippen LogP contribution < -0.4 is 9.04 Å². The van der Waals surface area contributed by atoms with Crippen LogP contribution in [0, 0.1) is 34.1 Å². The third-order valence-corrected chi connectivity index (χ3v) is 7.83. The van der Waals surface area contributed by atoms with Crippen molar-refractivity contribution < 1.29 is 32.6 Å². The number of sulfonamides is 1. The van der Waals surface area contributed by atoms with E-state index in [1.807, 2.05) is 0 Å². The highest BCUT2D eigenvalue weighted by atomic mass is 32.2. The summed E-state index contributed by atoms with van der Waals surface area (Å²) in [7, 11) is -4.48. The zero-order valence-electron chi connectivity index (χ0n) is 21.6. The lowest BCUT2D eigenvalue weighted by Gasteiger charge is -2.24. The number of rotatable bonds is 8. The topological polar surface area (TPSA) is 167 Å². The van der Waals surface area contributed by atoms with Crippen LogP contribution >= 0.6 is 0 Å². The van der Waals surface area contributed by atoms with Crippen molar-refractivity contribution in [3.05, 3.63) is 133 Å². The minimum atomic E-state index is -4.48. The zero-order chi connectivity index (χ0) is 29.9. The number of benzene rings is 4. The smallest absolute Gasteiger partial charge is 0.343 e. The van der Waals surface area contributed by atoms with E-state index in [9.17, 15) is 38.2 Å². The van der Waals surface area contributed by atoms with Crippen molar-refractivity contribution in [3.8, 4) is 5.75 Å². The van der Waals surface area contributed by atoms with Crippen molar-refractivity contribution in [1.82, 2.24) is 0 Å². The van der Waals surface area contributed by atoms with E-state index in [0.717, 1.165) is 42.0 Å². The van der Waals surface area contributed by atoms with E-state index in [0.29, 0.717) is 9.87 Å². The predicted octanol–water partition coefficient (Wildman–Crippen LogP) is 5.37. The van der Waals surface area contributed by atoms with E-state index in [4.69, 9.17) is 4.74 Å². The van der Waals surface area contributed by atoms with E-state index in [1.165, 1.54) is 42.5 Å². The Bertz CT molecular complexity index is 1770. The number of carbonyl (C=O) groups is 2. The molecule has 0 bridgehead atoms. The summed E-state index contributed by atoms with van der Waals surface area (Å²) in [5.41, 5.74) is 0.598. The molecule has 0 N–H and O–H groups in total. The monoisotopic (exact) mass is 575 g/mol. The first kappa shape index (κ1) is 28.6. The Balaban J connectivity index is 1.70. The van der Waals surface area contributed by atoms with Gasteiger partial charge in [0.25, 0.3) is 27.3 Å². The molecule has 208 valence electrons. The van der Waals surface area contributed by atoms with Crippen LogP contribution in [0.25, 0.3) is 0 Å². The van der Waals surface area contributed by atoms with Crippen molar-refractivity contribution in [3.63, 3.8) is 0 Å². The molecule has 0 saturated heterocycles. The average Bonchev–Trinajstić information content (AvgIpc) is 2.93. The molecule has 0 fully saturated rings. The van der Waals surface area contributed by atoms with E-state index >= 15 is 0 Å². The van der Waals surface area contributed by atoms with Gasteiger partial charge in [-0.15, -0.1) is 0 Å². The molecule has 0 atom stereocenters. The van der Waals surface area contributed by atoms with Crippen LogP contribution in [0.3, 0.4) is 0 Å². The van der Waals surface area contributed by atoms with Crippen LogP contribution in [-0.2, 0) is 10.0 Å². The van der Waals surface area contributed by atoms with Crippen LogP contribution in [0.15, 0.2) is 95.9 Å². The van der Waals surface area contributed by atoms with Gasteiger partial charge in [0, 0.05) is 29.8 Å². The summed E-state index contributed by atoms with van der Waals surface area (Å²) < 4.78 is 33.6. The van der Waals surface area contributed by atoms with Crippen molar-refractivity contribution in [2.75, 3.05) is 4.31 Å². The molecule has 0 aromatic heterocycles. The van der Waals surface area contributed by atoms with Gasteiger partial charge < -0.3 is 4.74 Å². The fraction of sp³-hybridized carbons (Fsp3) is 0.0714. The molecule has 13 heteroatoms. The number of hydrogen-bond acceptors (Lipinski definition) is 9. The minimum Gasteiger partial charge on any atom is -0.423 e. The summed E-state index contributed by atoms with van der Waals surface area (Å²) >= 11 is 0. The number of nitro benzene ring substituents is 2. The Kier molecular flexibility index (Phi) is 7.92. The Hall–Kier alpha value is -5.43. The molecule has 1 amide bonds. The van der Waals surface area contributed by atoms with E-state index < -0.39 is 31.7 Å². The lowest BCUT2D eigenvalue weighted by Crippen LogP contribution is -2.37. The molecule has 12 nitrogen and oxygen atoms in total. The van der Waals surface area contributed by atoms with Gasteiger partial charge in [-0.2, -0.15) is 4.31 Å². The summed E-state index contributed by atoms with van der Waals surface area (Å²) in [6.07, 6.45) is 0. The van der Waals surface area contributed by atoms with Crippen molar-refractivity contribution >= 4 is 39.0 Å². The highest BCUT2D eigenvalue weighted by Gasteiger charge is 2.33. The number of anilines is 1. The Morgan fingerprint density at radius 2 is 1.24 bits per heavy atom. The Morgan fingerprint density at radius 3 is 1.73 bits per heavy atom. The number of nitrogens with zero attached hydrogens (tertiary/aromatic N) is 3. The summed E-state index contributed by atoms with van der Waals surface area (Å²) in [6, 6.07) is 19.0. The van der Waals surface area contributed by atoms with Gasteiger partial charge in [-0.3, -0.25) is 25.0 Å². The molecule has 0 saturated carbocycles. The first-order chi connectivity index (χ1) is 19.4. The van der Waals surface area contributed by atoms with E-state index in [2.05, 4.69) is 0 Å². The van der Waals surface area contributed by atoms with Gasteiger partial charge in [-0.05, 0) is 74.0 Å². The maximum atomic E-state index is 13.8. The molecule has 4 aromatic carbocycles. The molecule has 4 rings (SSSR count). The molecular weight excluding hydrogens is 554 g/mol. The second-order valence-corrected chi connectivity index (χ2v) is 10.6. The second kappa shape index (κ2) is 11.4. The largest absolute Gasteiger partial charge is 0.423 e. The lowest BCUT2D eigenvalue weighted by atomic mass is 10.2. The summed E-state index contributed by atoms with van der Waals surface area (Å²) in [5.74, 6) is -1.76. The number of carbonyl (C=O) groups excluding carboxylic acids is 2. The van der Waals surface area contributed by atoms with Gasteiger partial charge >= 0.3 is 5.97 Å². The maximum absolute atomic E-state index is 13.8. The van der Waals surface area contributed by atoms with Crippen molar-refractivity contribution in [2.24, 2.45) is 0 Å². The molecule has 0 radical (unpaired) electrons. The molecule has 0 unspecified atom stereocenters. The number of ether oxygens (including phenoxy) is 1. The molecule has 0 spiro atoms.